The number of benzene rings is 1. The van der Waals surface area contributed by atoms with Gasteiger partial charge in [-0.2, -0.15) is 0 Å². The van der Waals surface area contributed by atoms with E-state index in [1.807, 2.05) is 45.0 Å². The molecule has 0 aliphatic carbocycles. The number of ether oxygens (including phenoxy) is 1. The number of carbonyl (C=O) groups excluding carboxylic acids is 1. The third-order valence-electron chi connectivity index (χ3n) is 5.26. The van der Waals surface area contributed by atoms with Gasteiger partial charge in [-0.25, -0.2) is 4.98 Å². The van der Waals surface area contributed by atoms with Crippen molar-refractivity contribution in [3.8, 4) is 5.75 Å². The number of carbonyl (C=O) groups is 1. The van der Waals surface area contributed by atoms with Crippen LogP contribution in [0.5, 0.6) is 5.75 Å². The van der Waals surface area contributed by atoms with Crippen LogP contribution in [0.3, 0.4) is 0 Å². The van der Waals surface area contributed by atoms with Crippen molar-refractivity contribution in [1.82, 2.24) is 19.8 Å². The normalized spacial score (nSPS) is 15.7. The van der Waals surface area contributed by atoms with E-state index >= 15 is 0 Å². The van der Waals surface area contributed by atoms with Crippen molar-refractivity contribution in [3.05, 3.63) is 47.0 Å². The van der Waals surface area contributed by atoms with Crippen LogP contribution in [0.2, 0.25) is 0 Å². The van der Waals surface area contributed by atoms with Crippen LogP contribution in [0.4, 0.5) is 0 Å². The zero-order valence-electron chi connectivity index (χ0n) is 16.8. The molecule has 3 rings (SSSR count). The third-order valence-corrected chi connectivity index (χ3v) is 5.26. The number of rotatable bonds is 6. The van der Waals surface area contributed by atoms with E-state index in [0.717, 1.165) is 48.8 Å². The minimum atomic E-state index is -0.121. The number of aryl methyl sites for hydroxylation is 1. The molecular weight excluding hydrogens is 340 g/mol. The molecule has 0 radical (unpaired) electrons. The lowest BCUT2D eigenvalue weighted by Crippen LogP contribution is -2.32. The summed E-state index contributed by atoms with van der Waals surface area (Å²) in [4.78, 5) is 19.6. The fourth-order valence-electron chi connectivity index (χ4n) is 3.84. The summed E-state index contributed by atoms with van der Waals surface area (Å²) in [7, 11) is 2.16. The van der Waals surface area contributed by atoms with E-state index in [1.165, 1.54) is 0 Å². The molecule has 2 heterocycles. The minimum absolute atomic E-state index is 0.121. The number of likely N-dealkylation sites (tertiary alicyclic amines) is 1. The van der Waals surface area contributed by atoms with Crippen molar-refractivity contribution in [2.24, 2.45) is 0 Å². The largest absolute Gasteiger partial charge is 0.494 e. The number of aromatic nitrogens is 2. The molecule has 2 aromatic rings. The number of hydrogen-bond acceptors (Lipinski definition) is 4. The highest BCUT2D eigenvalue weighted by molar-refractivity contribution is 5.93. The van der Waals surface area contributed by atoms with Gasteiger partial charge in [-0.3, -0.25) is 4.79 Å². The van der Waals surface area contributed by atoms with Crippen LogP contribution in [-0.2, 0) is 6.54 Å². The minimum Gasteiger partial charge on any atom is -0.494 e. The van der Waals surface area contributed by atoms with E-state index in [-0.39, 0.29) is 5.91 Å². The Morgan fingerprint density at radius 3 is 2.74 bits per heavy atom. The van der Waals surface area contributed by atoms with Crippen molar-refractivity contribution >= 4 is 5.91 Å². The van der Waals surface area contributed by atoms with Gasteiger partial charge in [-0.05, 0) is 71.4 Å². The second-order valence-electron chi connectivity index (χ2n) is 7.26. The SMILES string of the molecule is CCOc1cccc(CNC(=O)c2nc(C)n(C3CCN(C)CC3)c2C)c1. The fourth-order valence-corrected chi connectivity index (χ4v) is 3.84. The molecule has 146 valence electrons. The molecule has 0 bridgehead atoms. The standard InChI is InChI=1S/C21H30N4O2/c1-5-27-19-8-6-7-17(13-19)14-22-21(26)20-15(2)25(16(3)23-20)18-9-11-24(4)12-10-18/h6-8,13,18H,5,9-12,14H2,1-4H3,(H,22,26). The van der Waals surface area contributed by atoms with Crippen molar-refractivity contribution in [2.45, 2.75) is 46.2 Å². The van der Waals surface area contributed by atoms with Crippen LogP contribution in [-0.4, -0.2) is 47.1 Å². The first kappa shape index (κ1) is 19.4. The molecule has 1 fully saturated rings. The summed E-state index contributed by atoms with van der Waals surface area (Å²) in [5, 5.41) is 3.00. The zero-order chi connectivity index (χ0) is 19.4. The fraction of sp³-hybridized carbons (Fsp3) is 0.524. The molecule has 0 saturated carbocycles. The van der Waals surface area contributed by atoms with E-state index in [2.05, 4.69) is 26.8 Å². The lowest BCUT2D eigenvalue weighted by Gasteiger charge is -2.31. The van der Waals surface area contributed by atoms with Gasteiger partial charge < -0.3 is 19.5 Å². The van der Waals surface area contributed by atoms with Crippen LogP contribution in [0.25, 0.3) is 0 Å². The second-order valence-corrected chi connectivity index (χ2v) is 7.26. The van der Waals surface area contributed by atoms with E-state index in [9.17, 15) is 4.79 Å². The first-order valence-electron chi connectivity index (χ1n) is 9.73. The summed E-state index contributed by atoms with van der Waals surface area (Å²) in [6.45, 7) is 9.21. The molecule has 0 atom stereocenters. The predicted octanol–water partition coefficient (Wildman–Crippen LogP) is 3.10. The molecular formula is C21H30N4O2. The van der Waals surface area contributed by atoms with Crippen molar-refractivity contribution in [1.29, 1.82) is 0 Å². The van der Waals surface area contributed by atoms with E-state index in [1.54, 1.807) is 0 Å². The molecule has 1 aromatic heterocycles. The van der Waals surface area contributed by atoms with Crippen LogP contribution < -0.4 is 10.1 Å². The number of hydrogen-bond donors (Lipinski definition) is 1. The van der Waals surface area contributed by atoms with Gasteiger partial charge in [0.1, 0.15) is 17.3 Å². The molecule has 1 saturated heterocycles. The molecule has 0 spiro atoms. The first-order valence-corrected chi connectivity index (χ1v) is 9.73. The van der Waals surface area contributed by atoms with Gasteiger partial charge in [0.05, 0.1) is 6.61 Å². The maximum absolute atomic E-state index is 12.7. The molecule has 1 aliphatic rings. The Labute approximate surface area is 161 Å². The van der Waals surface area contributed by atoms with Gasteiger partial charge in [-0.15, -0.1) is 0 Å². The summed E-state index contributed by atoms with van der Waals surface area (Å²) in [5.41, 5.74) is 2.51. The number of nitrogens with zero attached hydrogens (tertiary/aromatic N) is 3. The van der Waals surface area contributed by atoms with Crippen LogP contribution in [0.1, 0.15) is 53.4 Å². The Hall–Kier alpha value is -2.34. The highest BCUT2D eigenvalue weighted by Crippen LogP contribution is 2.26. The van der Waals surface area contributed by atoms with E-state index in [4.69, 9.17) is 4.74 Å². The molecule has 1 amide bonds. The second kappa shape index (κ2) is 8.57. The van der Waals surface area contributed by atoms with Crippen molar-refractivity contribution in [3.63, 3.8) is 0 Å². The van der Waals surface area contributed by atoms with Crippen LogP contribution in [0, 0.1) is 13.8 Å². The van der Waals surface area contributed by atoms with Gasteiger partial charge in [0, 0.05) is 18.3 Å². The lowest BCUT2D eigenvalue weighted by molar-refractivity contribution is 0.0945. The highest BCUT2D eigenvalue weighted by atomic mass is 16.5. The monoisotopic (exact) mass is 370 g/mol. The third kappa shape index (κ3) is 4.50. The summed E-state index contributed by atoms with van der Waals surface area (Å²) < 4.78 is 7.77. The van der Waals surface area contributed by atoms with E-state index in [0.29, 0.717) is 24.9 Å². The zero-order valence-corrected chi connectivity index (χ0v) is 16.8. The molecule has 1 N–H and O–H groups in total. The average Bonchev–Trinajstić information content (AvgIpc) is 2.96. The summed E-state index contributed by atoms with van der Waals surface area (Å²) in [6.07, 6.45) is 2.19. The maximum Gasteiger partial charge on any atom is 0.272 e. The van der Waals surface area contributed by atoms with Gasteiger partial charge in [0.25, 0.3) is 5.91 Å². The number of amides is 1. The molecule has 6 nitrogen and oxygen atoms in total. The quantitative estimate of drug-likeness (QED) is 0.849. The van der Waals surface area contributed by atoms with Gasteiger partial charge in [0.2, 0.25) is 0 Å². The number of imidazole rings is 1. The van der Waals surface area contributed by atoms with Crippen LogP contribution >= 0.6 is 0 Å². The van der Waals surface area contributed by atoms with Gasteiger partial charge >= 0.3 is 0 Å². The Kier molecular flexibility index (Phi) is 6.16. The summed E-state index contributed by atoms with van der Waals surface area (Å²) in [6, 6.07) is 8.23. The van der Waals surface area contributed by atoms with E-state index < -0.39 is 0 Å². The van der Waals surface area contributed by atoms with Crippen LogP contribution in [0.15, 0.2) is 24.3 Å². The predicted molar refractivity (Wildman–Crippen MR) is 106 cm³/mol. The van der Waals surface area contributed by atoms with Crippen molar-refractivity contribution < 1.29 is 9.53 Å². The molecule has 0 unspecified atom stereocenters. The summed E-state index contributed by atoms with van der Waals surface area (Å²) >= 11 is 0. The molecule has 6 heteroatoms. The topological polar surface area (TPSA) is 59.4 Å². The first-order chi connectivity index (χ1) is 13.0. The van der Waals surface area contributed by atoms with Gasteiger partial charge in [0.15, 0.2) is 0 Å². The number of piperidine rings is 1. The smallest absolute Gasteiger partial charge is 0.272 e. The maximum atomic E-state index is 12.7. The summed E-state index contributed by atoms with van der Waals surface area (Å²) in [5.74, 6) is 1.62. The lowest BCUT2D eigenvalue weighted by atomic mass is 10.0. The molecule has 1 aromatic carbocycles. The molecule has 27 heavy (non-hydrogen) atoms. The van der Waals surface area contributed by atoms with Crippen molar-refractivity contribution in [2.75, 3.05) is 26.7 Å². The highest BCUT2D eigenvalue weighted by Gasteiger charge is 2.25. The van der Waals surface area contributed by atoms with Gasteiger partial charge in [-0.1, -0.05) is 12.1 Å². The average molecular weight is 370 g/mol. The Balaban J connectivity index is 1.68. The molecule has 1 aliphatic heterocycles. The Morgan fingerprint density at radius 1 is 1.30 bits per heavy atom. The number of nitrogens with one attached hydrogen (secondary N) is 1. The Morgan fingerprint density at radius 2 is 2.04 bits per heavy atom. The Bertz CT molecular complexity index is 791.